The maximum Gasteiger partial charge on any atom is 0.220 e. The number of benzene rings is 1. The third-order valence-electron chi connectivity index (χ3n) is 2.80. The van der Waals surface area contributed by atoms with E-state index in [1.807, 2.05) is 12.1 Å². The summed E-state index contributed by atoms with van der Waals surface area (Å²) < 4.78 is 10.9. The number of halogens is 1. The summed E-state index contributed by atoms with van der Waals surface area (Å²) in [6.07, 6.45) is 1.29. The molecule has 0 amide bonds. The van der Waals surface area contributed by atoms with Crippen molar-refractivity contribution < 1.29 is 13.6 Å². The van der Waals surface area contributed by atoms with Crippen LogP contribution in [0.25, 0.3) is 11.1 Å². The minimum Gasteiger partial charge on any atom is -0.457 e. The molecule has 0 spiro atoms. The molecule has 20 heavy (non-hydrogen) atoms. The Morgan fingerprint density at radius 3 is 2.85 bits per heavy atom. The van der Waals surface area contributed by atoms with Gasteiger partial charge in [0.2, 0.25) is 5.89 Å². The lowest BCUT2D eigenvalue weighted by molar-refractivity contribution is 0.0969. The maximum absolute atomic E-state index is 12.3. The Hall–Kier alpha value is -2.39. The number of nitrogens with zero attached hydrogens (tertiary/aromatic N) is 2. The summed E-state index contributed by atoms with van der Waals surface area (Å²) in [7, 11) is 0. The van der Waals surface area contributed by atoms with E-state index >= 15 is 0 Å². The molecule has 98 valence electrons. The molecule has 0 fully saturated rings. The van der Waals surface area contributed by atoms with Gasteiger partial charge in [0.15, 0.2) is 22.0 Å². The molecule has 0 saturated heterocycles. The van der Waals surface area contributed by atoms with E-state index < -0.39 is 11.7 Å². The van der Waals surface area contributed by atoms with E-state index in [4.69, 9.17) is 8.83 Å². The monoisotopic (exact) mass is 330 g/mol. The van der Waals surface area contributed by atoms with Crippen molar-refractivity contribution in [1.29, 1.82) is 5.26 Å². The first-order valence-electron chi connectivity index (χ1n) is 5.72. The lowest BCUT2D eigenvalue weighted by Crippen LogP contribution is -2.10. The number of carbonyl (C=O) groups is 1. The fourth-order valence-electron chi connectivity index (χ4n) is 1.85. The number of aromatic nitrogens is 1. The largest absolute Gasteiger partial charge is 0.457 e. The van der Waals surface area contributed by atoms with Crippen LogP contribution in [0.1, 0.15) is 22.2 Å². The molecule has 5 nitrogen and oxygen atoms in total. The summed E-state index contributed by atoms with van der Waals surface area (Å²) >= 11 is 3.11. The number of nitriles is 1. The highest BCUT2D eigenvalue weighted by Gasteiger charge is 2.28. The van der Waals surface area contributed by atoms with Gasteiger partial charge >= 0.3 is 0 Å². The van der Waals surface area contributed by atoms with Gasteiger partial charge in [-0.25, -0.2) is 4.98 Å². The summed E-state index contributed by atoms with van der Waals surface area (Å²) in [5.74, 6) is -1.41. The lowest BCUT2D eigenvalue weighted by Gasteiger charge is -2.00. The minimum absolute atomic E-state index is 0.0935. The summed E-state index contributed by atoms with van der Waals surface area (Å²) in [6, 6.07) is 10.5. The van der Waals surface area contributed by atoms with Gasteiger partial charge in [0.1, 0.15) is 11.8 Å². The number of rotatable bonds is 3. The number of ketones is 1. The highest BCUT2D eigenvalue weighted by molar-refractivity contribution is 9.10. The first kappa shape index (κ1) is 12.6. The minimum atomic E-state index is -1.09. The van der Waals surface area contributed by atoms with Crippen molar-refractivity contribution in [2.45, 2.75) is 5.92 Å². The van der Waals surface area contributed by atoms with Crippen LogP contribution in [0.2, 0.25) is 0 Å². The Morgan fingerprint density at radius 1 is 1.40 bits per heavy atom. The predicted octanol–water partition coefficient (Wildman–Crippen LogP) is 3.67. The molecular weight excluding hydrogens is 324 g/mol. The van der Waals surface area contributed by atoms with Crippen molar-refractivity contribution >= 4 is 32.8 Å². The number of hydrogen-bond donors (Lipinski definition) is 0. The van der Waals surface area contributed by atoms with Gasteiger partial charge in [-0.05, 0) is 28.1 Å². The van der Waals surface area contributed by atoms with Crippen LogP contribution in [-0.2, 0) is 0 Å². The average Bonchev–Trinajstić information content (AvgIpc) is 3.05. The van der Waals surface area contributed by atoms with Crippen LogP contribution in [0.3, 0.4) is 0 Å². The van der Waals surface area contributed by atoms with Crippen LogP contribution in [0, 0.1) is 11.3 Å². The molecule has 2 heterocycles. The Morgan fingerprint density at radius 2 is 2.20 bits per heavy atom. The van der Waals surface area contributed by atoms with Crippen LogP contribution >= 0.6 is 15.9 Å². The van der Waals surface area contributed by atoms with Crippen LogP contribution in [-0.4, -0.2) is 10.8 Å². The SMILES string of the molecule is N#C[C@H](C(=O)c1coc(Br)c1)c1nc2ccccc2o1. The second kappa shape index (κ2) is 4.94. The molecule has 6 heteroatoms. The summed E-state index contributed by atoms with van der Waals surface area (Å²) in [4.78, 5) is 16.4. The molecule has 3 aromatic rings. The fraction of sp³-hybridized carbons (Fsp3) is 0.0714. The zero-order chi connectivity index (χ0) is 14.1. The normalized spacial score (nSPS) is 12.2. The number of furan rings is 1. The quantitative estimate of drug-likeness (QED) is 0.684. The Labute approximate surface area is 121 Å². The third-order valence-corrected chi connectivity index (χ3v) is 3.22. The van der Waals surface area contributed by atoms with Gasteiger partial charge in [-0.15, -0.1) is 0 Å². The van der Waals surface area contributed by atoms with E-state index in [0.29, 0.717) is 21.3 Å². The number of fused-ring (bicyclic) bond motifs is 1. The van der Waals surface area contributed by atoms with E-state index in [9.17, 15) is 10.1 Å². The smallest absolute Gasteiger partial charge is 0.220 e. The molecule has 1 atom stereocenters. The van der Waals surface area contributed by atoms with Gasteiger partial charge in [0, 0.05) is 6.07 Å². The highest BCUT2D eigenvalue weighted by Crippen LogP contribution is 2.25. The van der Waals surface area contributed by atoms with E-state index in [0.717, 1.165) is 0 Å². The number of Topliss-reactive ketones (excluding diaryl/α,β-unsaturated/α-hetero) is 1. The average molecular weight is 331 g/mol. The van der Waals surface area contributed by atoms with E-state index in [1.165, 1.54) is 12.3 Å². The third kappa shape index (κ3) is 2.12. The molecule has 1 aromatic carbocycles. The number of para-hydroxylation sites is 2. The molecule has 0 bridgehead atoms. The fourth-order valence-corrected chi connectivity index (χ4v) is 2.19. The van der Waals surface area contributed by atoms with Gasteiger partial charge in [-0.2, -0.15) is 5.26 Å². The molecule has 2 aromatic heterocycles. The topological polar surface area (TPSA) is 80.0 Å². The van der Waals surface area contributed by atoms with Crippen molar-refractivity contribution in [1.82, 2.24) is 4.98 Å². The van der Waals surface area contributed by atoms with Gasteiger partial charge in [0.25, 0.3) is 0 Å². The van der Waals surface area contributed by atoms with Gasteiger partial charge in [-0.3, -0.25) is 4.79 Å². The van der Waals surface area contributed by atoms with E-state index in [-0.39, 0.29) is 5.89 Å². The first-order valence-corrected chi connectivity index (χ1v) is 6.51. The summed E-state index contributed by atoms with van der Waals surface area (Å²) in [5.41, 5.74) is 1.46. The molecule has 0 N–H and O–H groups in total. The highest BCUT2D eigenvalue weighted by atomic mass is 79.9. The Bertz CT molecular complexity index is 795. The lowest BCUT2D eigenvalue weighted by atomic mass is 10.0. The zero-order valence-electron chi connectivity index (χ0n) is 10.0. The van der Waals surface area contributed by atoms with Crippen molar-refractivity contribution in [3.63, 3.8) is 0 Å². The van der Waals surface area contributed by atoms with Gasteiger partial charge in [0.05, 0.1) is 11.6 Å². The summed E-state index contributed by atoms with van der Waals surface area (Å²) in [5, 5.41) is 9.23. The van der Waals surface area contributed by atoms with Crippen LogP contribution < -0.4 is 0 Å². The Balaban J connectivity index is 2.01. The van der Waals surface area contributed by atoms with E-state index in [2.05, 4.69) is 20.9 Å². The molecule has 0 radical (unpaired) electrons. The second-order valence-electron chi connectivity index (χ2n) is 4.09. The summed E-state index contributed by atoms with van der Waals surface area (Å²) in [6.45, 7) is 0. The van der Waals surface area contributed by atoms with Crippen LogP contribution in [0.5, 0.6) is 0 Å². The molecule has 0 aliphatic rings. The molecule has 0 aliphatic heterocycles. The van der Waals surface area contributed by atoms with E-state index in [1.54, 1.807) is 18.2 Å². The number of hydrogen-bond acceptors (Lipinski definition) is 5. The van der Waals surface area contributed by atoms with Crippen molar-refractivity contribution in [2.75, 3.05) is 0 Å². The molecule has 0 unspecified atom stereocenters. The first-order chi connectivity index (χ1) is 9.69. The maximum atomic E-state index is 12.3. The molecule has 0 aliphatic carbocycles. The number of oxazole rings is 1. The van der Waals surface area contributed by atoms with Crippen LogP contribution in [0.15, 0.2) is 50.1 Å². The second-order valence-corrected chi connectivity index (χ2v) is 4.87. The van der Waals surface area contributed by atoms with Gasteiger partial charge < -0.3 is 8.83 Å². The molecule has 3 rings (SSSR count). The predicted molar refractivity (Wildman–Crippen MR) is 73.1 cm³/mol. The van der Waals surface area contributed by atoms with Crippen molar-refractivity contribution in [2.24, 2.45) is 0 Å². The number of carbonyl (C=O) groups excluding carboxylic acids is 1. The van der Waals surface area contributed by atoms with Crippen molar-refractivity contribution in [3.8, 4) is 6.07 Å². The Kier molecular flexibility index (Phi) is 3.12. The van der Waals surface area contributed by atoms with Crippen LogP contribution in [0.4, 0.5) is 0 Å². The standard InChI is InChI=1S/C14H7BrN2O3/c15-12-5-8(7-19-12)13(18)9(6-16)14-17-10-3-1-2-4-11(10)20-14/h1-5,7,9H/t9-/m1/s1. The molecular formula is C14H7BrN2O3. The molecule has 0 saturated carbocycles. The zero-order valence-corrected chi connectivity index (χ0v) is 11.6. The van der Waals surface area contributed by atoms with Crippen molar-refractivity contribution in [3.05, 3.63) is 52.7 Å². The van der Waals surface area contributed by atoms with Gasteiger partial charge in [-0.1, -0.05) is 12.1 Å².